The fourth-order valence-electron chi connectivity index (χ4n) is 7.52. The van der Waals surface area contributed by atoms with Gasteiger partial charge < -0.3 is 13.8 Å². The number of rotatable bonds is 7. The van der Waals surface area contributed by atoms with Crippen LogP contribution in [0.2, 0.25) is 0 Å². The van der Waals surface area contributed by atoms with Crippen molar-refractivity contribution in [1.82, 2.24) is 15.4 Å². The van der Waals surface area contributed by atoms with Gasteiger partial charge in [-0.2, -0.15) is 0 Å². The Morgan fingerprint density at radius 1 is 0.953 bits per heavy atom. The highest BCUT2D eigenvalue weighted by Gasteiger charge is 2.53. The molecule has 2 heterocycles. The molecule has 5 saturated carbocycles. The molecule has 0 aliphatic heterocycles. The highest BCUT2D eigenvalue weighted by molar-refractivity contribution is 5.95. The van der Waals surface area contributed by atoms with Crippen LogP contribution < -0.4 is 4.90 Å². The first-order chi connectivity index (χ1) is 20.4. The number of carbonyl (C=O) groups excluding carboxylic acids is 1. The smallest absolute Gasteiger partial charge is 0.248 e. The second-order valence-corrected chi connectivity index (χ2v) is 14.9. The maximum Gasteiger partial charge on any atom is 0.248 e. The standard InChI is InChI=1S/C34H42F2N4O3/c1-31(2,3)29-37-38-30(42-29)33-16-13-32(14-17-33,15-18-33)21-40(28(41)23-9-11-34(35,36)12-10-23)25-6-4-5-24(19-25)26-20-27(43-39-26)22-7-8-22/h4-6,19-20,22-23H,7-18,21H2,1-3H3. The van der Waals surface area contributed by atoms with E-state index in [9.17, 15) is 13.6 Å². The summed E-state index contributed by atoms with van der Waals surface area (Å²) >= 11 is 0. The number of anilines is 1. The lowest BCUT2D eigenvalue weighted by atomic mass is 9.53. The van der Waals surface area contributed by atoms with Crippen molar-refractivity contribution in [2.75, 3.05) is 11.4 Å². The summed E-state index contributed by atoms with van der Waals surface area (Å²) in [6.07, 6.45) is 7.96. The maximum absolute atomic E-state index is 14.2. The van der Waals surface area contributed by atoms with Crippen LogP contribution in [-0.2, 0) is 15.6 Å². The number of alkyl halides is 2. The van der Waals surface area contributed by atoms with E-state index >= 15 is 0 Å². The monoisotopic (exact) mass is 592 g/mol. The molecule has 5 fully saturated rings. The molecule has 5 aliphatic rings. The number of amides is 1. The van der Waals surface area contributed by atoms with E-state index in [0.717, 1.165) is 80.0 Å². The van der Waals surface area contributed by atoms with Crippen LogP contribution in [0, 0.1) is 11.3 Å². The zero-order valence-electron chi connectivity index (χ0n) is 25.5. The van der Waals surface area contributed by atoms with Crippen LogP contribution in [0.25, 0.3) is 11.3 Å². The summed E-state index contributed by atoms with van der Waals surface area (Å²) in [7, 11) is 0. The second kappa shape index (κ2) is 10.2. The van der Waals surface area contributed by atoms with Gasteiger partial charge in [0.25, 0.3) is 0 Å². The fraction of sp³-hybridized carbons (Fsp3) is 0.647. The van der Waals surface area contributed by atoms with Crippen molar-refractivity contribution in [3.63, 3.8) is 0 Å². The van der Waals surface area contributed by atoms with E-state index in [1.165, 1.54) is 0 Å². The van der Waals surface area contributed by atoms with Crippen molar-refractivity contribution in [1.29, 1.82) is 0 Å². The molecule has 43 heavy (non-hydrogen) atoms. The van der Waals surface area contributed by atoms with Crippen LogP contribution in [0.3, 0.4) is 0 Å². The van der Waals surface area contributed by atoms with Gasteiger partial charge in [0.1, 0.15) is 11.5 Å². The molecule has 0 N–H and O–H groups in total. The summed E-state index contributed by atoms with van der Waals surface area (Å²) in [6.45, 7) is 6.83. The molecular formula is C34H42F2N4O3. The van der Waals surface area contributed by atoms with E-state index in [1.54, 1.807) is 0 Å². The van der Waals surface area contributed by atoms with Gasteiger partial charge in [-0.25, -0.2) is 8.78 Å². The highest BCUT2D eigenvalue weighted by Crippen LogP contribution is 2.58. The molecule has 1 amide bonds. The molecule has 230 valence electrons. The van der Waals surface area contributed by atoms with Gasteiger partial charge in [-0.3, -0.25) is 4.79 Å². The van der Waals surface area contributed by atoms with Gasteiger partial charge in [0.05, 0.1) is 0 Å². The van der Waals surface area contributed by atoms with E-state index in [2.05, 4.69) is 36.1 Å². The molecule has 8 rings (SSSR count). The summed E-state index contributed by atoms with van der Waals surface area (Å²) in [6, 6.07) is 9.95. The summed E-state index contributed by atoms with van der Waals surface area (Å²) in [5.41, 5.74) is 2.13. The van der Waals surface area contributed by atoms with Crippen LogP contribution in [0.4, 0.5) is 14.5 Å². The van der Waals surface area contributed by atoms with E-state index < -0.39 is 11.8 Å². The zero-order chi connectivity index (χ0) is 30.0. The van der Waals surface area contributed by atoms with E-state index in [4.69, 9.17) is 8.94 Å². The van der Waals surface area contributed by atoms with Crippen molar-refractivity contribution in [3.05, 3.63) is 47.9 Å². The lowest BCUT2D eigenvalue weighted by Crippen LogP contribution is -2.52. The Morgan fingerprint density at radius 2 is 1.65 bits per heavy atom. The van der Waals surface area contributed by atoms with Crippen molar-refractivity contribution < 1.29 is 22.5 Å². The Hall–Kier alpha value is -3.10. The molecule has 2 aromatic heterocycles. The van der Waals surface area contributed by atoms with Crippen LogP contribution in [0.5, 0.6) is 0 Å². The molecule has 0 spiro atoms. The number of nitrogens with zero attached hydrogens (tertiary/aromatic N) is 4. The average Bonchev–Trinajstić information content (AvgIpc) is 3.48. The molecule has 3 aromatic rings. The third kappa shape index (κ3) is 5.53. The molecule has 0 unspecified atom stereocenters. The maximum atomic E-state index is 14.2. The number of halogens is 2. The summed E-state index contributed by atoms with van der Waals surface area (Å²) in [5, 5.41) is 13.2. The normalized spacial score (nSPS) is 27.4. The van der Waals surface area contributed by atoms with Gasteiger partial charge in [-0.1, -0.05) is 38.1 Å². The van der Waals surface area contributed by atoms with E-state index in [1.807, 2.05) is 35.2 Å². The summed E-state index contributed by atoms with van der Waals surface area (Å²) in [5.74, 6) is -0.298. The predicted molar refractivity (Wildman–Crippen MR) is 158 cm³/mol. The Kier molecular flexibility index (Phi) is 6.82. The minimum absolute atomic E-state index is 0.0324. The molecule has 0 radical (unpaired) electrons. The molecule has 5 aliphatic carbocycles. The van der Waals surface area contributed by atoms with Crippen molar-refractivity contribution >= 4 is 11.6 Å². The van der Waals surface area contributed by atoms with Crippen LogP contribution in [0.15, 0.2) is 39.3 Å². The van der Waals surface area contributed by atoms with E-state index in [-0.39, 0.29) is 47.8 Å². The Morgan fingerprint density at radius 3 is 2.28 bits per heavy atom. The van der Waals surface area contributed by atoms with E-state index in [0.29, 0.717) is 18.4 Å². The Bertz CT molecular complexity index is 1470. The number of hydrogen-bond donors (Lipinski definition) is 0. The van der Waals surface area contributed by atoms with Crippen LogP contribution >= 0.6 is 0 Å². The molecule has 2 bridgehead atoms. The SMILES string of the molecule is CC(C)(C)c1nnc(C23CCC(CN(C(=O)C4CCC(F)(F)CC4)c4cccc(-c5cc(C6CC6)on5)c4)(CC2)CC3)o1. The van der Waals surface area contributed by atoms with Crippen LogP contribution in [0.1, 0.15) is 121 Å². The predicted octanol–water partition coefficient (Wildman–Crippen LogP) is 8.35. The van der Waals surface area contributed by atoms with Gasteiger partial charge in [0.2, 0.25) is 23.6 Å². The van der Waals surface area contributed by atoms with Crippen molar-refractivity contribution in [2.24, 2.45) is 11.3 Å². The van der Waals surface area contributed by atoms with Crippen molar-refractivity contribution in [3.8, 4) is 11.3 Å². The summed E-state index contributed by atoms with van der Waals surface area (Å²) in [4.78, 5) is 16.1. The topological polar surface area (TPSA) is 85.3 Å². The molecule has 0 atom stereocenters. The quantitative estimate of drug-likeness (QED) is 0.274. The lowest BCUT2D eigenvalue weighted by molar-refractivity contribution is -0.127. The number of hydrogen-bond acceptors (Lipinski definition) is 6. The first kappa shape index (κ1) is 28.7. The first-order valence-corrected chi connectivity index (χ1v) is 16.1. The lowest BCUT2D eigenvalue weighted by Gasteiger charge is -2.53. The number of benzene rings is 1. The molecule has 7 nitrogen and oxygen atoms in total. The molecular weight excluding hydrogens is 550 g/mol. The van der Waals surface area contributed by atoms with Gasteiger partial charge in [0, 0.05) is 59.4 Å². The second-order valence-electron chi connectivity index (χ2n) is 14.9. The summed E-state index contributed by atoms with van der Waals surface area (Å²) < 4.78 is 39.9. The molecule has 1 aromatic carbocycles. The minimum Gasteiger partial charge on any atom is -0.424 e. The fourth-order valence-corrected chi connectivity index (χ4v) is 7.52. The minimum atomic E-state index is -2.68. The highest BCUT2D eigenvalue weighted by atomic mass is 19.3. The number of aromatic nitrogens is 3. The number of carbonyl (C=O) groups is 1. The third-order valence-electron chi connectivity index (χ3n) is 10.7. The molecule has 0 saturated heterocycles. The first-order valence-electron chi connectivity index (χ1n) is 16.1. The van der Waals surface area contributed by atoms with Crippen LogP contribution in [-0.4, -0.2) is 33.7 Å². The Labute approximate surface area is 251 Å². The zero-order valence-corrected chi connectivity index (χ0v) is 25.5. The third-order valence-corrected chi connectivity index (χ3v) is 10.7. The average molecular weight is 593 g/mol. The van der Waals surface area contributed by atoms with Gasteiger partial charge >= 0.3 is 0 Å². The largest absolute Gasteiger partial charge is 0.424 e. The van der Waals surface area contributed by atoms with Crippen molar-refractivity contribution in [2.45, 2.75) is 120 Å². The molecule has 9 heteroatoms. The Balaban J connectivity index is 1.14. The van der Waals surface area contributed by atoms with Gasteiger partial charge in [-0.05, 0) is 81.8 Å². The number of fused-ring (bicyclic) bond motifs is 3. The van der Waals surface area contributed by atoms with Gasteiger partial charge in [-0.15, -0.1) is 10.2 Å². The van der Waals surface area contributed by atoms with Gasteiger partial charge in [0.15, 0.2) is 0 Å².